The van der Waals surface area contributed by atoms with E-state index in [1.54, 1.807) is 0 Å². The number of para-hydroxylation sites is 2. The van der Waals surface area contributed by atoms with E-state index in [0.717, 1.165) is 46.2 Å². The molecule has 0 N–H and O–H groups in total. The van der Waals surface area contributed by atoms with Crippen LogP contribution in [0.3, 0.4) is 0 Å². The third kappa shape index (κ3) is 3.20. The van der Waals surface area contributed by atoms with Crippen LogP contribution in [0.4, 0.5) is 0 Å². The Hall–Kier alpha value is -2.00. The Labute approximate surface area is 141 Å². The molecule has 4 heteroatoms. The van der Waals surface area contributed by atoms with E-state index in [4.69, 9.17) is 21.3 Å². The molecule has 120 valence electrons. The van der Waals surface area contributed by atoms with Crippen molar-refractivity contribution in [3.8, 4) is 5.75 Å². The fourth-order valence-corrected chi connectivity index (χ4v) is 2.93. The first-order valence-electron chi connectivity index (χ1n) is 7.98. The maximum Gasteiger partial charge on any atom is 0.153 e. The third-order valence-electron chi connectivity index (χ3n) is 3.94. The molecule has 0 saturated carbocycles. The highest BCUT2D eigenvalue weighted by Gasteiger charge is 2.17. The molecule has 0 saturated heterocycles. The summed E-state index contributed by atoms with van der Waals surface area (Å²) in [4.78, 5) is 4.78. The average Bonchev–Trinajstić information content (AvgIpc) is 2.90. The normalized spacial score (nSPS) is 12.5. The Morgan fingerprint density at radius 3 is 2.74 bits per heavy atom. The van der Waals surface area contributed by atoms with Gasteiger partial charge in [-0.15, -0.1) is 0 Å². The van der Waals surface area contributed by atoms with Crippen molar-refractivity contribution in [1.29, 1.82) is 0 Å². The summed E-state index contributed by atoms with van der Waals surface area (Å²) >= 11 is 6.08. The zero-order valence-corrected chi connectivity index (χ0v) is 14.5. The number of fused-ring (bicyclic) bond motifs is 1. The second-order valence-corrected chi connectivity index (χ2v) is 6.19. The lowest BCUT2D eigenvalue weighted by molar-refractivity contribution is 0.211. The lowest BCUT2D eigenvalue weighted by Gasteiger charge is -2.17. The number of imidazole rings is 1. The van der Waals surface area contributed by atoms with Gasteiger partial charge in [-0.2, -0.15) is 0 Å². The van der Waals surface area contributed by atoms with Crippen LogP contribution in [0.1, 0.15) is 37.8 Å². The lowest BCUT2D eigenvalue weighted by atomic mass is 10.2. The lowest BCUT2D eigenvalue weighted by Crippen LogP contribution is -2.12. The van der Waals surface area contributed by atoms with Crippen LogP contribution in [0.25, 0.3) is 11.0 Å². The van der Waals surface area contributed by atoms with E-state index >= 15 is 0 Å². The highest BCUT2D eigenvalue weighted by atomic mass is 35.5. The number of benzene rings is 2. The highest BCUT2D eigenvalue weighted by molar-refractivity contribution is 6.31. The topological polar surface area (TPSA) is 27.1 Å². The summed E-state index contributed by atoms with van der Waals surface area (Å²) in [6.07, 6.45) is 0.926. The molecule has 0 fully saturated rings. The van der Waals surface area contributed by atoms with Crippen molar-refractivity contribution in [2.24, 2.45) is 0 Å². The molecule has 1 aromatic heterocycles. The molecule has 0 aliphatic rings. The molecule has 1 heterocycles. The Bertz CT molecular complexity index is 825. The first-order chi connectivity index (χ1) is 11.1. The SMILES string of the molecule is CCCn1c(C(C)Oc2ccc(Cl)c(C)c2)nc2ccccc21. The summed E-state index contributed by atoms with van der Waals surface area (Å²) in [6.45, 7) is 7.12. The van der Waals surface area contributed by atoms with E-state index in [1.807, 2.05) is 50.2 Å². The van der Waals surface area contributed by atoms with Gasteiger partial charge in [-0.05, 0) is 56.2 Å². The Morgan fingerprint density at radius 1 is 1.22 bits per heavy atom. The van der Waals surface area contributed by atoms with Crippen molar-refractivity contribution in [2.45, 2.75) is 39.8 Å². The number of aryl methyl sites for hydroxylation is 2. The predicted octanol–water partition coefficient (Wildman–Crippen LogP) is 5.55. The molecule has 1 unspecified atom stereocenters. The van der Waals surface area contributed by atoms with Gasteiger partial charge in [0.25, 0.3) is 0 Å². The van der Waals surface area contributed by atoms with Gasteiger partial charge in [0.1, 0.15) is 5.75 Å². The smallest absolute Gasteiger partial charge is 0.153 e. The van der Waals surface area contributed by atoms with Crippen LogP contribution < -0.4 is 4.74 Å². The number of hydrogen-bond acceptors (Lipinski definition) is 2. The van der Waals surface area contributed by atoms with Crippen molar-refractivity contribution in [3.63, 3.8) is 0 Å². The summed E-state index contributed by atoms with van der Waals surface area (Å²) in [5, 5.41) is 0.753. The molecule has 0 bridgehead atoms. The van der Waals surface area contributed by atoms with Crippen LogP contribution in [0.5, 0.6) is 5.75 Å². The van der Waals surface area contributed by atoms with Crippen molar-refractivity contribution >= 4 is 22.6 Å². The van der Waals surface area contributed by atoms with Crippen molar-refractivity contribution < 1.29 is 4.74 Å². The zero-order chi connectivity index (χ0) is 16.4. The molecule has 0 radical (unpaired) electrons. The molecule has 0 aliphatic carbocycles. The molecule has 23 heavy (non-hydrogen) atoms. The summed E-state index contributed by atoms with van der Waals surface area (Å²) in [5.74, 6) is 1.77. The standard InChI is InChI=1S/C19H21ClN2O/c1-4-11-22-18-8-6-5-7-17(18)21-19(22)14(3)23-15-9-10-16(20)13(2)12-15/h5-10,12,14H,4,11H2,1-3H3. The first-order valence-corrected chi connectivity index (χ1v) is 8.36. The number of nitrogens with zero attached hydrogens (tertiary/aromatic N) is 2. The number of hydrogen-bond donors (Lipinski definition) is 0. The molecule has 0 amide bonds. The van der Waals surface area contributed by atoms with Crippen LogP contribution in [0, 0.1) is 6.92 Å². The minimum absolute atomic E-state index is 0.130. The quantitative estimate of drug-likeness (QED) is 0.614. The molecule has 2 aromatic carbocycles. The maximum absolute atomic E-state index is 6.11. The van der Waals surface area contributed by atoms with Gasteiger partial charge in [-0.1, -0.05) is 30.7 Å². The third-order valence-corrected chi connectivity index (χ3v) is 4.36. The molecule has 3 rings (SSSR count). The predicted molar refractivity (Wildman–Crippen MR) is 95.3 cm³/mol. The Balaban J connectivity index is 1.94. The second kappa shape index (κ2) is 6.63. The summed E-state index contributed by atoms with van der Waals surface area (Å²) in [5.41, 5.74) is 3.18. The fourth-order valence-electron chi connectivity index (χ4n) is 2.81. The van der Waals surface area contributed by atoms with Gasteiger partial charge in [0.2, 0.25) is 0 Å². The van der Waals surface area contributed by atoms with Gasteiger partial charge >= 0.3 is 0 Å². The second-order valence-electron chi connectivity index (χ2n) is 5.78. The Morgan fingerprint density at radius 2 is 2.00 bits per heavy atom. The van der Waals surface area contributed by atoms with Crippen LogP contribution in [-0.2, 0) is 6.54 Å². The fraction of sp³-hybridized carbons (Fsp3) is 0.316. The van der Waals surface area contributed by atoms with Gasteiger partial charge in [0.15, 0.2) is 11.9 Å². The largest absolute Gasteiger partial charge is 0.483 e. The number of rotatable bonds is 5. The van der Waals surface area contributed by atoms with Crippen molar-refractivity contribution in [1.82, 2.24) is 9.55 Å². The van der Waals surface area contributed by atoms with E-state index in [0.29, 0.717) is 0 Å². The highest BCUT2D eigenvalue weighted by Crippen LogP contribution is 2.27. The van der Waals surface area contributed by atoms with E-state index < -0.39 is 0 Å². The monoisotopic (exact) mass is 328 g/mol. The van der Waals surface area contributed by atoms with E-state index in [2.05, 4.69) is 17.6 Å². The average molecular weight is 329 g/mol. The number of ether oxygens (including phenoxy) is 1. The van der Waals surface area contributed by atoms with Crippen LogP contribution >= 0.6 is 11.6 Å². The maximum atomic E-state index is 6.11. The number of aromatic nitrogens is 2. The first kappa shape index (κ1) is 15.9. The Kier molecular flexibility index (Phi) is 4.58. The van der Waals surface area contributed by atoms with E-state index in [1.165, 1.54) is 0 Å². The van der Waals surface area contributed by atoms with Crippen molar-refractivity contribution in [3.05, 3.63) is 58.9 Å². The van der Waals surface area contributed by atoms with Crippen LogP contribution in [0.2, 0.25) is 5.02 Å². The molecule has 0 spiro atoms. The van der Waals surface area contributed by atoms with Gasteiger partial charge in [-0.3, -0.25) is 0 Å². The minimum atomic E-state index is -0.130. The molecule has 0 aliphatic heterocycles. The summed E-state index contributed by atoms with van der Waals surface area (Å²) < 4.78 is 8.36. The molecule has 1 atom stereocenters. The molecular formula is C19H21ClN2O. The zero-order valence-electron chi connectivity index (χ0n) is 13.7. The van der Waals surface area contributed by atoms with E-state index in [-0.39, 0.29) is 6.10 Å². The van der Waals surface area contributed by atoms with Gasteiger partial charge in [0, 0.05) is 11.6 Å². The van der Waals surface area contributed by atoms with Crippen LogP contribution in [-0.4, -0.2) is 9.55 Å². The summed E-state index contributed by atoms with van der Waals surface area (Å²) in [6, 6.07) is 14.0. The van der Waals surface area contributed by atoms with Gasteiger partial charge < -0.3 is 9.30 Å². The molecule has 3 nitrogen and oxygen atoms in total. The van der Waals surface area contributed by atoms with Crippen molar-refractivity contribution in [2.75, 3.05) is 0 Å². The molecular weight excluding hydrogens is 308 g/mol. The van der Waals surface area contributed by atoms with Crippen LogP contribution in [0.15, 0.2) is 42.5 Å². The molecule has 3 aromatic rings. The minimum Gasteiger partial charge on any atom is -0.483 e. The number of halogens is 1. The van der Waals surface area contributed by atoms with Gasteiger partial charge in [0.05, 0.1) is 11.0 Å². The summed E-state index contributed by atoms with van der Waals surface area (Å²) in [7, 11) is 0. The van der Waals surface area contributed by atoms with Gasteiger partial charge in [-0.25, -0.2) is 4.98 Å². The van der Waals surface area contributed by atoms with E-state index in [9.17, 15) is 0 Å².